The Morgan fingerprint density at radius 3 is 2.00 bits per heavy atom. The zero-order valence-corrected chi connectivity index (χ0v) is 10.6. The predicted molar refractivity (Wildman–Crippen MR) is 64.4 cm³/mol. The maximum Gasteiger partial charge on any atom is -0.0329 e. The maximum atomic E-state index is 2.46. The van der Waals surface area contributed by atoms with E-state index in [1.54, 1.807) is 0 Å². The minimum Gasteiger partial charge on any atom is -0.0654 e. The quantitative estimate of drug-likeness (QED) is 0.591. The van der Waals surface area contributed by atoms with Gasteiger partial charge >= 0.3 is 0 Å². The number of hydrogen-bond donors (Lipinski definition) is 0. The number of hydrogen-bond acceptors (Lipinski definition) is 0. The van der Waals surface area contributed by atoms with Crippen molar-refractivity contribution in [3.8, 4) is 0 Å². The average molecular weight is 196 g/mol. The van der Waals surface area contributed by atoms with E-state index >= 15 is 0 Å². The molecule has 0 amide bonds. The van der Waals surface area contributed by atoms with E-state index in [1.807, 2.05) is 0 Å². The van der Waals surface area contributed by atoms with Gasteiger partial charge in [-0.2, -0.15) is 0 Å². The van der Waals surface area contributed by atoms with Crippen LogP contribution in [0.5, 0.6) is 0 Å². The first-order chi connectivity index (χ1) is 6.60. The standard InChI is InChI=1S/C14H28/c1-5-7-12-8-10-13(11-9-12)14(3,4)6-2/h12-13H,5-11H2,1-4H3. The molecule has 1 aliphatic carbocycles. The van der Waals surface area contributed by atoms with Gasteiger partial charge < -0.3 is 0 Å². The van der Waals surface area contributed by atoms with Gasteiger partial charge in [-0.25, -0.2) is 0 Å². The van der Waals surface area contributed by atoms with Crippen molar-refractivity contribution in [1.29, 1.82) is 0 Å². The van der Waals surface area contributed by atoms with E-state index in [4.69, 9.17) is 0 Å². The van der Waals surface area contributed by atoms with Crippen LogP contribution < -0.4 is 0 Å². The highest BCUT2D eigenvalue weighted by molar-refractivity contribution is 4.82. The summed E-state index contributed by atoms with van der Waals surface area (Å²) < 4.78 is 0. The highest BCUT2D eigenvalue weighted by Crippen LogP contribution is 2.42. The van der Waals surface area contributed by atoms with Crippen molar-refractivity contribution >= 4 is 0 Å². The Kier molecular flexibility index (Phi) is 4.47. The largest absolute Gasteiger partial charge is 0.0654 e. The Bertz CT molecular complexity index is 149. The van der Waals surface area contributed by atoms with Crippen molar-refractivity contribution in [1.82, 2.24) is 0 Å². The summed E-state index contributed by atoms with van der Waals surface area (Å²) in [6, 6.07) is 0. The Hall–Kier alpha value is 0. The smallest absolute Gasteiger partial charge is 0.0329 e. The molecule has 1 aliphatic rings. The van der Waals surface area contributed by atoms with Crippen molar-refractivity contribution in [3.63, 3.8) is 0 Å². The normalized spacial score (nSPS) is 29.1. The van der Waals surface area contributed by atoms with E-state index in [9.17, 15) is 0 Å². The van der Waals surface area contributed by atoms with Gasteiger partial charge in [0.25, 0.3) is 0 Å². The van der Waals surface area contributed by atoms with Crippen LogP contribution in [0.1, 0.15) is 72.6 Å². The molecule has 0 radical (unpaired) electrons. The second kappa shape index (κ2) is 5.19. The molecular weight excluding hydrogens is 168 g/mol. The first-order valence-corrected chi connectivity index (χ1v) is 6.60. The molecule has 0 aromatic heterocycles. The fraction of sp³-hybridized carbons (Fsp3) is 1.00. The Balaban J connectivity index is 2.35. The minimum atomic E-state index is 0.594. The lowest BCUT2D eigenvalue weighted by atomic mass is 9.67. The molecule has 0 atom stereocenters. The van der Waals surface area contributed by atoms with Gasteiger partial charge in [-0.15, -0.1) is 0 Å². The third kappa shape index (κ3) is 3.00. The Morgan fingerprint density at radius 2 is 1.57 bits per heavy atom. The molecule has 1 saturated carbocycles. The molecule has 1 fully saturated rings. The molecule has 0 heterocycles. The van der Waals surface area contributed by atoms with Gasteiger partial charge in [-0.05, 0) is 30.1 Å². The summed E-state index contributed by atoms with van der Waals surface area (Å²) in [5.41, 5.74) is 0.594. The van der Waals surface area contributed by atoms with Gasteiger partial charge in [0.15, 0.2) is 0 Å². The van der Waals surface area contributed by atoms with E-state index in [0.717, 1.165) is 11.8 Å². The van der Waals surface area contributed by atoms with Crippen molar-refractivity contribution < 1.29 is 0 Å². The average Bonchev–Trinajstić information content (AvgIpc) is 2.19. The zero-order valence-electron chi connectivity index (χ0n) is 10.6. The van der Waals surface area contributed by atoms with Gasteiger partial charge in [-0.1, -0.05) is 59.8 Å². The molecule has 0 saturated heterocycles. The molecule has 84 valence electrons. The van der Waals surface area contributed by atoms with E-state index in [0.29, 0.717) is 5.41 Å². The first-order valence-electron chi connectivity index (χ1n) is 6.60. The second-order valence-corrected chi connectivity index (χ2v) is 5.85. The summed E-state index contributed by atoms with van der Waals surface area (Å²) in [4.78, 5) is 0. The van der Waals surface area contributed by atoms with Crippen molar-refractivity contribution in [2.75, 3.05) is 0 Å². The summed E-state index contributed by atoms with van der Waals surface area (Å²) in [6.07, 6.45) is 10.2. The second-order valence-electron chi connectivity index (χ2n) is 5.85. The Morgan fingerprint density at radius 1 is 1.00 bits per heavy atom. The molecule has 0 bridgehead atoms. The van der Waals surface area contributed by atoms with Crippen LogP contribution in [0.2, 0.25) is 0 Å². The van der Waals surface area contributed by atoms with Crippen molar-refractivity contribution in [2.45, 2.75) is 72.6 Å². The lowest BCUT2D eigenvalue weighted by molar-refractivity contribution is 0.125. The van der Waals surface area contributed by atoms with Crippen molar-refractivity contribution in [3.05, 3.63) is 0 Å². The molecule has 14 heavy (non-hydrogen) atoms. The SMILES string of the molecule is CCCC1CCC(C(C)(C)CC)CC1. The van der Waals surface area contributed by atoms with Crippen LogP contribution in [0.15, 0.2) is 0 Å². The summed E-state index contributed by atoms with van der Waals surface area (Å²) in [6.45, 7) is 9.58. The summed E-state index contributed by atoms with van der Waals surface area (Å²) in [7, 11) is 0. The van der Waals surface area contributed by atoms with Crippen LogP contribution in [-0.2, 0) is 0 Å². The molecule has 0 aromatic rings. The monoisotopic (exact) mass is 196 g/mol. The molecule has 0 aliphatic heterocycles. The third-order valence-electron chi connectivity index (χ3n) is 4.56. The van der Waals surface area contributed by atoms with Crippen LogP contribution in [0, 0.1) is 17.3 Å². The molecule has 0 N–H and O–H groups in total. The van der Waals surface area contributed by atoms with Crippen LogP contribution >= 0.6 is 0 Å². The lowest BCUT2D eigenvalue weighted by Crippen LogP contribution is -2.27. The predicted octanol–water partition coefficient (Wildman–Crippen LogP) is 5.03. The van der Waals surface area contributed by atoms with E-state index < -0.39 is 0 Å². The van der Waals surface area contributed by atoms with E-state index in [1.165, 1.54) is 44.9 Å². The molecular formula is C14H28. The topological polar surface area (TPSA) is 0 Å². The molecule has 1 rings (SSSR count). The van der Waals surface area contributed by atoms with Crippen LogP contribution in [0.3, 0.4) is 0 Å². The van der Waals surface area contributed by atoms with Gasteiger partial charge in [0.05, 0.1) is 0 Å². The van der Waals surface area contributed by atoms with Gasteiger partial charge in [0.2, 0.25) is 0 Å². The maximum absolute atomic E-state index is 2.46. The molecule has 0 aromatic carbocycles. The molecule has 0 nitrogen and oxygen atoms in total. The fourth-order valence-electron chi connectivity index (χ4n) is 2.93. The third-order valence-corrected chi connectivity index (χ3v) is 4.56. The van der Waals surface area contributed by atoms with Gasteiger partial charge in [-0.3, -0.25) is 0 Å². The first kappa shape index (κ1) is 12.1. The van der Waals surface area contributed by atoms with Crippen LogP contribution in [-0.4, -0.2) is 0 Å². The highest BCUT2D eigenvalue weighted by atomic mass is 14.4. The molecule has 0 spiro atoms. The Labute approximate surface area is 90.5 Å². The summed E-state index contributed by atoms with van der Waals surface area (Å²) in [5.74, 6) is 2.06. The van der Waals surface area contributed by atoms with Gasteiger partial charge in [0.1, 0.15) is 0 Å². The van der Waals surface area contributed by atoms with E-state index in [-0.39, 0.29) is 0 Å². The van der Waals surface area contributed by atoms with Crippen LogP contribution in [0.25, 0.3) is 0 Å². The molecule has 0 unspecified atom stereocenters. The number of rotatable bonds is 4. The fourth-order valence-corrected chi connectivity index (χ4v) is 2.93. The highest BCUT2D eigenvalue weighted by Gasteiger charge is 2.31. The molecule has 0 heteroatoms. The summed E-state index contributed by atoms with van der Waals surface area (Å²) >= 11 is 0. The summed E-state index contributed by atoms with van der Waals surface area (Å²) in [5, 5.41) is 0. The van der Waals surface area contributed by atoms with Crippen LogP contribution in [0.4, 0.5) is 0 Å². The lowest BCUT2D eigenvalue weighted by Gasteiger charge is -2.38. The zero-order chi connectivity index (χ0) is 10.6. The van der Waals surface area contributed by atoms with Crippen molar-refractivity contribution in [2.24, 2.45) is 17.3 Å². The minimum absolute atomic E-state index is 0.594. The van der Waals surface area contributed by atoms with Gasteiger partial charge in [0, 0.05) is 0 Å². The van der Waals surface area contributed by atoms with E-state index in [2.05, 4.69) is 27.7 Å².